The third kappa shape index (κ3) is 4.48. The molecule has 19 heavy (non-hydrogen) atoms. The second kappa shape index (κ2) is 6.87. The molecule has 2 N–H and O–H groups in total. The van der Waals surface area contributed by atoms with Gasteiger partial charge in [-0.3, -0.25) is 0 Å². The van der Waals surface area contributed by atoms with Crippen LogP contribution in [-0.4, -0.2) is 35.8 Å². The second-order valence-electron chi connectivity index (χ2n) is 6.04. The predicted molar refractivity (Wildman–Crippen MR) is 80.3 cm³/mol. The Labute approximate surface area is 116 Å². The minimum atomic E-state index is -0.318. The number of aliphatic hydroxyl groups is 1. The average Bonchev–Trinajstić information content (AvgIpc) is 2.38. The first kappa shape index (κ1) is 15.9. The summed E-state index contributed by atoms with van der Waals surface area (Å²) in [6, 6.07) is 4.04. The molecular weight excluding hydrogens is 238 g/mol. The minimum Gasteiger partial charge on any atom is -0.394 e. The SMILES string of the molecule is CC(C)CNCc1cccnc1N(C)C(C)(C)CO. The molecule has 0 saturated heterocycles. The molecule has 1 aromatic heterocycles. The standard InChI is InChI=1S/C15H27N3O/c1-12(2)9-16-10-13-7-6-8-17-14(13)18(5)15(3,4)11-19/h6-8,12,16,19H,9-11H2,1-5H3. The Hall–Kier alpha value is -1.13. The van der Waals surface area contributed by atoms with Gasteiger partial charge in [-0.25, -0.2) is 4.98 Å². The maximum Gasteiger partial charge on any atom is 0.133 e. The third-order valence-electron chi connectivity index (χ3n) is 3.35. The highest BCUT2D eigenvalue weighted by molar-refractivity contribution is 5.48. The van der Waals surface area contributed by atoms with Gasteiger partial charge in [0.2, 0.25) is 0 Å². The zero-order valence-electron chi connectivity index (χ0n) is 12.8. The molecule has 0 fully saturated rings. The van der Waals surface area contributed by atoms with Crippen LogP contribution in [0.15, 0.2) is 18.3 Å². The lowest BCUT2D eigenvalue weighted by molar-refractivity contribution is 0.215. The van der Waals surface area contributed by atoms with E-state index < -0.39 is 0 Å². The summed E-state index contributed by atoms with van der Waals surface area (Å²) in [7, 11) is 1.98. The Bertz CT molecular complexity index is 391. The Morgan fingerprint density at radius 2 is 2.11 bits per heavy atom. The van der Waals surface area contributed by atoms with Crippen LogP contribution in [0, 0.1) is 5.92 Å². The first-order valence-corrected chi connectivity index (χ1v) is 6.87. The van der Waals surface area contributed by atoms with E-state index in [9.17, 15) is 5.11 Å². The van der Waals surface area contributed by atoms with Gasteiger partial charge in [0.25, 0.3) is 0 Å². The van der Waals surface area contributed by atoms with E-state index in [1.54, 1.807) is 6.20 Å². The Morgan fingerprint density at radius 3 is 2.68 bits per heavy atom. The summed E-state index contributed by atoms with van der Waals surface area (Å²) >= 11 is 0. The Balaban J connectivity index is 2.83. The van der Waals surface area contributed by atoms with E-state index in [4.69, 9.17) is 0 Å². The quantitative estimate of drug-likeness (QED) is 0.792. The van der Waals surface area contributed by atoms with Gasteiger partial charge in [-0.1, -0.05) is 19.9 Å². The maximum atomic E-state index is 9.48. The van der Waals surface area contributed by atoms with Crippen LogP contribution in [-0.2, 0) is 6.54 Å². The van der Waals surface area contributed by atoms with Crippen LogP contribution in [0.2, 0.25) is 0 Å². The molecule has 4 nitrogen and oxygen atoms in total. The normalized spacial score (nSPS) is 11.9. The number of anilines is 1. The molecular formula is C15H27N3O. The van der Waals surface area contributed by atoms with Crippen molar-refractivity contribution in [2.45, 2.75) is 39.8 Å². The van der Waals surface area contributed by atoms with Crippen molar-refractivity contribution < 1.29 is 5.11 Å². The van der Waals surface area contributed by atoms with Crippen LogP contribution in [0.25, 0.3) is 0 Å². The van der Waals surface area contributed by atoms with Crippen LogP contribution in [0.3, 0.4) is 0 Å². The van der Waals surface area contributed by atoms with Crippen molar-refractivity contribution in [3.8, 4) is 0 Å². The Morgan fingerprint density at radius 1 is 1.42 bits per heavy atom. The summed E-state index contributed by atoms with van der Waals surface area (Å²) in [5.74, 6) is 1.56. The number of rotatable bonds is 7. The molecule has 0 spiro atoms. The maximum absolute atomic E-state index is 9.48. The van der Waals surface area contributed by atoms with E-state index in [2.05, 4.69) is 30.2 Å². The summed E-state index contributed by atoms with van der Waals surface area (Å²) in [5, 5.41) is 12.9. The molecule has 0 aromatic carbocycles. The van der Waals surface area contributed by atoms with Crippen molar-refractivity contribution in [3.05, 3.63) is 23.9 Å². The van der Waals surface area contributed by atoms with Gasteiger partial charge in [-0.2, -0.15) is 0 Å². The van der Waals surface area contributed by atoms with E-state index in [0.29, 0.717) is 5.92 Å². The summed E-state index contributed by atoms with van der Waals surface area (Å²) in [6.45, 7) is 10.3. The molecule has 0 bridgehead atoms. The molecule has 0 aliphatic heterocycles. The van der Waals surface area contributed by atoms with Gasteiger partial charge < -0.3 is 15.3 Å². The van der Waals surface area contributed by atoms with Crippen LogP contribution in [0.5, 0.6) is 0 Å². The number of likely N-dealkylation sites (N-methyl/N-ethyl adjacent to an activating group) is 1. The van der Waals surface area contributed by atoms with Crippen LogP contribution >= 0.6 is 0 Å². The third-order valence-corrected chi connectivity index (χ3v) is 3.35. The number of nitrogens with one attached hydrogen (secondary N) is 1. The molecule has 0 saturated carbocycles. The molecule has 108 valence electrons. The predicted octanol–water partition coefficient (Wildman–Crippen LogP) is 2.03. The van der Waals surface area contributed by atoms with Gasteiger partial charge in [0.1, 0.15) is 5.82 Å². The van der Waals surface area contributed by atoms with E-state index >= 15 is 0 Å². The van der Waals surface area contributed by atoms with Crippen molar-refractivity contribution >= 4 is 5.82 Å². The second-order valence-corrected chi connectivity index (χ2v) is 6.04. The molecule has 0 aliphatic carbocycles. The number of hydrogen-bond acceptors (Lipinski definition) is 4. The van der Waals surface area contributed by atoms with Gasteiger partial charge in [0.05, 0.1) is 12.1 Å². The fourth-order valence-electron chi connectivity index (χ4n) is 1.76. The lowest BCUT2D eigenvalue weighted by Gasteiger charge is -2.36. The monoisotopic (exact) mass is 265 g/mol. The first-order valence-electron chi connectivity index (χ1n) is 6.87. The lowest BCUT2D eigenvalue weighted by Crippen LogP contribution is -2.45. The average molecular weight is 265 g/mol. The minimum absolute atomic E-state index is 0.0962. The molecule has 0 aliphatic rings. The molecule has 1 rings (SSSR count). The Kier molecular flexibility index (Phi) is 5.76. The summed E-state index contributed by atoms with van der Waals surface area (Å²) in [5.41, 5.74) is 0.841. The number of hydrogen-bond donors (Lipinski definition) is 2. The molecule has 0 radical (unpaired) electrons. The van der Waals surface area contributed by atoms with Gasteiger partial charge >= 0.3 is 0 Å². The van der Waals surface area contributed by atoms with Crippen molar-refractivity contribution in [1.29, 1.82) is 0 Å². The molecule has 1 heterocycles. The topological polar surface area (TPSA) is 48.4 Å². The fourth-order valence-corrected chi connectivity index (χ4v) is 1.76. The van der Waals surface area contributed by atoms with Gasteiger partial charge in [-0.15, -0.1) is 0 Å². The van der Waals surface area contributed by atoms with Crippen molar-refractivity contribution in [2.24, 2.45) is 5.92 Å². The van der Waals surface area contributed by atoms with Crippen molar-refractivity contribution in [1.82, 2.24) is 10.3 Å². The van der Waals surface area contributed by atoms with E-state index in [-0.39, 0.29) is 12.1 Å². The highest BCUT2D eigenvalue weighted by atomic mass is 16.3. The first-order chi connectivity index (χ1) is 8.88. The molecule has 1 aromatic rings. The summed E-state index contributed by atoms with van der Waals surface area (Å²) in [4.78, 5) is 6.51. The molecule has 0 unspecified atom stereocenters. The van der Waals surface area contributed by atoms with Gasteiger partial charge in [0.15, 0.2) is 0 Å². The lowest BCUT2D eigenvalue weighted by atomic mass is 10.0. The smallest absolute Gasteiger partial charge is 0.133 e. The summed E-state index contributed by atoms with van der Waals surface area (Å²) in [6.07, 6.45) is 1.80. The van der Waals surface area contributed by atoms with Crippen LogP contribution in [0.4, 0.5) is 5.82 Å². The zero-order chi connectivity index (χ0) is 14.5. The highest BCUT2D eigenvalue weighted by Crippen LogP contribution is 2.23. The zero-order valence-corrected chi connectivity index (χ0v) is 12.8. The molecule has 0 atom stereocenters. The number of pyridine rings is 1. The summed E-state index contributed by atoms with van der Waals surface area (Å²) < 4.78 is 0. The van der Waals surface area contributed by atoms with E-state index in [1.165, 1.54) is 0 Å². The van der Waals surface area contributed by atoms with Crippen molar-refractivity contribution in [3.63, 3.8) is 0 Å². The fraction of sp³-hybridized carbons (Fsp3) is 0.667. The van der Waals surface area contributed by atoms with E-state index in [0.717, 1.165) is 24.5 Å². The van der Waals surface area contributed by atoms with Crippen LogP contribution < -0.4 is 10.2 Å². The number of aliphatic hydroxyl groups excluding tert-OH is 1. The molecule has 4 heteroatoms. The highest BCUT2D eigenvalue weighted by Gasteiger charge is 2.25. The van der Waals surface area contributed by atoms with Crippen LogP contribution in [0.1, 0.15) is 33.3 Å². The molecule has 0 amide bonds. The van der Waals surface area contributed by atoms with Gasteiger partial charge in [0, 0.05) is 25.4 Å². The number of nitrogens with zero attached hydrogens (tertiary/aromatic N) is 2. The van der Waals surface area contributed by atoms with Gasteiger partial charge in [-0.05, 0) is 32.4 Å². The van der Waals surface area contributed by atoms with E-state index in [1.807, 2.05) is 31.9 Å². The van der Waals surface area contributed by atoms with Crippen molar-refractivity contribution in [2.75, 3.05) is 25.1 Å². The number of aromatic nitrogens is 1. The largest absolute Gasteiger partial charge is 0.394 e.